The van der Waals surface area contributed by atoms with E-state index >= 15 is 0 Å². The molecule has 0 saturated carbocycles. The minimum Gasteiger partial charge on any atom is -0.478 e. The highest BCUT2D eigenvalue weighted by Gasteiger charge is 2.24. The van der Waals surface area contributed by atoms with Crippen molar-refractivity contribution >= 4 is 17.0 Å². The number of pyridine rings is 1. The maximum absolute atomic E-state index is 11.2. The normalized spacial score (nSPS) is 15.8. The highest BCUT2D eigenvalue weighted by molar-refractivity contribution is 5.87. The molecule has 0 unspecified atom stereocenters. The Labute approximate surface area is 172 Å². The van der Waals surface area contributed by atoms with Crippen molar-refractivity contribution in [3.8, 4) is 0 Å². The van der Waals surface area contributed by atoms with Crippen molar-refractivity contribution in [1.82, 2.24) is 14.5 Å². The van der Waals surface area contributed by atoms with Gasteiger partial charge in [0.2, 0.25) is 0 Å². The maximum Gasteiger partial charge on any atom is 0.335 e. The van der Waals surface area contributed by atoms with Gasteiger partial charge < -0.3 is 9.67 Å². The molecule has 0 amide bonds. The minimum atomic E-state index is -0.862. The van der Waals surface area contributed by atoms with Crippen LogP contribution in [0, 0.1) is 0 Å². The molecular formula is C24H29N3O2. The molecular weight excluding hydrogens is 362 g/mol. The summed E-state index contributed by atoms with van der Waals surface area (Å²) < 4.78 is 2.33. The molecule has 2 aromatic heterocycles. The SMILES string of the molecule is CCCCn1cc(C2CCN(Cc3cccc(C(=O)O)c3)CC2)c2cccnc21. The van der Waals surface area contributed by atoms with E-state index in [2.05, 4.69) is 33.6 Å². The van der Waals surface area contributed by atoms with Crippen molar-refractivity contribution in [1.29, 1.82) is 0 Å². The second kappa shape index (κ2) is 8.78. The number of nitrogens with zero attached hydrogens (tertiary/aromatic N) is 3. The number of benzene rings is 1. The number of aromatic nitrogens is 2. The maximum atomic E-state index is 11.2. The highest BCUT2D eigenvalue weighted by Crippen LogP contribution is 2.34. The van der Waals surface area contributed by atoms with E-state index in [1.807, 2.05) is 24.4 Å². The Morgan fingerprint density at radius 1 is 1.21 bits per heavy atom. The Morgan fingerprint density at radius 2 is 2.03 bits per heavy atom. The molecule has 0 bridgehead atoms. The van der Waals surface area contributed by atoms with Crippen molar-refractivity contribution in [2.75, 3.05) is 13.1 Å². The Kier molecular flexibility index (Phi) is 5.95. The van der Waals surface area contributed by atoms with Crippen LogP contribution in [0.1, 0.15) is 60.0 Å². The second-order valence-electron chi connectivity index (χ2n) is 8.06. The summed E-state index contributed by atoms with van der Waals surface area (Å²) in [4.78, 5) is 18.3. The molecule has 29 heavy (non-hydrogen) atoms. The van der Waals surface area contributed by atoms with Crippen LogP contribution in [-0.2, 0) is 13.1 Å². The summed E-state index contributed by atoms with van der Waals surface area (Å²) in [5, 5.41) is 10.5. The zero-order valence-electron chi connectivity index (χ0n) is 17.1. The molecule has 152 valence electrons. The van der Waals surface area contributed by atoms with Crippen LogP contribution in [0.5, 0.6) is 0 Å². The summed E-state index contributed by atoms with van der Waals surface area (Å²) in [5.41, 5.74) is 3.99. The lowest BCUT2D eigenvalue weighted by atomic mass is 9.89. The van der Waals surface area contributed by atoms with Gasteiger partial charge in [-0.1, -0.05) is 25.5 Å². The number of carboxylic acids is 1. The minimum absolute atomic E-state index is 0.366. The van der Waals surface area contributed by atoms with Crippen LogP contribution in [0.3, 0.4) is 0 Å². The summed E-state index contributed by atoms with van der Waals surface area (Å²) in [6.07, 6.45) is 8.84. The number of rotatable bonds is 7. The first-order valence-corrected chi connectivity index (χ1v) is 10.6. The molecule has 1 saturated heterocycles. The number of aryl methyl sites for hydroxylation is 1. The molecule has 0 atom stereocenters. The van der Waals surface area contributed by atoms with Gasteiger partial charge in [-0.2, -0.15) is 0 Å². The van der Waals surface area contributed by atoms with Gasteiger partial charge in [-0.25, -0.2) is 9.78 Å². The Bertz CT molecular complexity index is 987. The van der Waals surface area contributed by atoms with Gasteiger partial charge >= 0.3 is 5.97 Å². The fourth-order valence-electron chi connectivity index (χ4n) is 4.44. The van der Waals surface area contributed by atoms with E-state index in [4.69, 9.17) is 0 Å². The third kappa shape index (κ3) is 4.35. The van der Waals surface area contributed by atoms with E-state index in [1.54, 1.807) is 12.1 Å². The monoisotopic (exact) mass is 391 g/mol. The quantitative estimate of drug-likeness (QED) is 0.621. The summed E-state index contributed by atoms with van der Waals surface area (Å²) in [5.74, 6) is -0.301. The number of carboxylic acid groups (broad SMARTS) is 1. The molecule has 5 heteroatoms. The predicted octanol–water partition coefficient (Wildman–Crippen LogP) is 4.91. The zero-order chi connectivity index (χ0) is 20.2. The molecule has 1 aromatic carbocycles. The first-order chi connectivity index (χ1) is 14.2. The number of piperidine rings is 1. The summed E-state index contributed by atoms with van der Waals surface area (Å²) in [6.45, 7) is 6.13. The van der Waals surface area contributed by atoms with Crippen LogP contribution in [0.2, 0.25) is 0 Å². The average Bonchev–Trinajstić information content (AvgIpc) is 3.12. The highest BCUT2D eigenvalue weighted by atomic mass is 16.4. The van der Waals surface area contributed by atoms with E-state index in [-0.39, 0.29) is 0 Å². The van der Waals surface area contributed by atoms with Crippen LogP contribution in [-0.4, -0.2) is 38.6 Å². The number of carbonyl (C=O) groups is 1. The molecule has 0 radical (unpaired) electrons. The first kappa shape index (κ1) is 19.6. The zero-order valence-corrected chi connectivity index (χ0v) is 17.1. The van der Waals surface area contributed by atoms with Gasteiger partial charge in [0, 0.05) is 30.9 Å². The molecule has 1 aliphatic rings. The molecule has 4 rings (SSSR count). The van der Waals surface area contributed by atoms with Crippen molar-refractivity contribution < 1.29 is 9.90 Å². The Morgan fingerprint density at radius 3 is 2.79 bits per heavy atom. The Hall–Kier alpha value is -2.66. The first-order valence-electron chi connectivity index (χ1n) is 10.6. The van der Waals surface area contributed by atoms with Crippen molar-refractivity contribution in [3.05, 3.63) is 65.5 Å². The van der Waals surface area contributed by atoms with Crippen LogP contribution in [0.25, 0.3) is 11.0 Å². The lowest BCUT2D eigenvalue weighted by Crippen LogP contribution is -2.32. The number of aromatic carboxylic acids is 1. The van der Waals surface area contributed by atoms with Gasteiger partial charge in [-0.05, 0) is 73.7 Å². The van der Waals surface area contributed by atoms with E-state index < -0.39 is 5.97 Å². The molecule has 0 aliphatic carbocycles. The van der Waals surface area contributed by atoms with E-state index in [0.717, 1.165) is 50.2 Å². The second-order valence-corrected chi connectivity index (χ2v) is 8.06. The van der Waals surface area contributed by atoms with E-state index in [9.17, 15) is 9.90 Å². The third-order valence-electron chi connectivity index (χ3n) is 6.02. The number of fused-ring (bicyclic) bond motifs is 1. The molecule has 3 heterocycles. The molecule has 0 spiro atoms. The topological polar surface area (TPSA) is 58.4 Å². The fraction of sp³-hybridized carbons (Fsp3) is 0.417. The molecule has 1 aliphatic heterocycles. The summed E-state index contributed by atoms with van der Waals surface area (Å²) >= 11 is 0. The van der Waals surface area contributed by atoms with Crippen molar-refractivity contribution in [2.24, 2.45) is 0 Å². The van der Waals surface area contributed by atoms with Gasteiger partial charge in [0.15, 0.2) is 0 Å². The van der Waals surface area contributed by atoms with Crippen LogP contribution in [0.15, 0.2) is 48.8 Å². The van der Waals surface area contributed by atoms with E-state index in [0.29, 0.717) is 11.5 Å². The largest absolute Gasteiger partial charge is 0.478 e. The number of hydrogen-bond acceptors (Lipinski definition) is 3. The van der Waals surface area contributed by atoms with Gasteiger partial charge in [-0.3, -0.25) is 4.90 Å². The number of likely N-dealkylation sites (tertiary alicyclic amines) is 1. The third-order valence-corrected chi connectivity index (χ3v) is 6.02. The predicted molar refractivity (Wildman–Crippen MR) is 115 cm³/mol. The fourth-order valence-corrected chi connectivity index (χ4v) is 4.44. The standard InChI is InChI=1S/C24H29N3O2/c1-2-3-12-27-17-22(21-8-5-11-25-23(21)27)19-9-13-26(14-10-19)16-18-6-4-7-20(15-18)24(28)29/h4-8,11,15,17,19H,2-3,9-10,12-14,16H2,1H3,(H,28,29). The van der Waals surface area contributed by atoms with Crippen LogP contribution < -0.4 is 0 Å². The average molecular weight is 392 g/mol. The molecule has 1 fully saturated rings. The number of hydrogen-bond donors (Lipinski definition) is 1. The lowest BCUT2D eigenvalue weighted by Gasteiger charge is -2.32. The molecule has 3 aromatic rings. The van der Waals surface area contributed by atoms with Crippen LogP contribution in [0.4, 0.5) is 0 Å². The van der Waals surface area contributed by atoms with Gasteiger partial charge in [0.1, 0.15) is 5.65 Å². The van der Waals surface area contributed by atoms with Crippen LogP contribution >= 0.6 is 0 Å². The number of unbranched alkanes of at least 4 members (excludes halogenated alkanes) is 1. The van der Waals surface area contributed by atoms with Crippen molar-refractivity contribution in [2.45, 2.75) is 51.6 Å². The summed E-state index contributed by atoms with van der Waals surface area (Å²) in [7, 11) is 0. The van der Waals surface area contributed by atoms with Crippen molar-refractivity contribution in [3.63, 3.8) is 0 Å². The molecule has 1 N–H and O–H groups in total. The van der Waals surface area contributed by atoms with Gasteiger partial charge in [0.05, 0.1) is 5.56 Å². The smallest absolute Gasteiger partial charge is 0.335 e. The molecule has 5 nitrogen and oxygen atoms in total. The van der Waals surface area contributed by atoms with Gasteiger partial charge in [-0.15, -0.1) is 0 Å². The van der Waals surface area contributed by atoms with E-state index in [1.165, 1.54) is 23.8 Å². The summed E-state index contributed by atoms with van der Waals surface area (Å²) in [6, 6.07) is 11.6. The van der Waals surface area contributed by atoms with Gasteiger partial charge in [0.25, 0.3) is 0 Å². The Balaban J connectivity index is 1.45. The lowest BCUT2D eigenvalue weighted by molar-refractivity contribution is 0.0696.